The van der Waals surface area contributed by atoms with E-state index in [1.54, 1.807) is 18.3 Å². The highest BCUT2D eigenvalue weighted by atomic mass is 127. The van der Waals surface area contributed by atoms with Crippen molar-refractivity contribution in [2.45, 2.75) is 6.92 Å². The molecular formula is C16H14I2N2O2. The number of carbonyl (C=O) groups excluding carboxylic acids is 1. The van der Waals surface area contributed by atoms with Gasteiger partial charge >= 0.3 is 0 Å². The standard InChI is InChI=1S/C16H14I2N2O2/c1-2-22-15-13(17)8-11(9-14(15)18)10-19-20-16(21)12-6-4-3-5-7-12/h3-10H,2H2,1H3,(H,20,21)/b19-10-. The summed E-state index contributed by atoms with van der Waals surface area (Å²) in [6, 6.07) is 12.9. The molecule has 0 saturated carbocycles. The van der Waals surface area contributed by atoms with Crippen molar-refractivity contribution >= 4 is 57.3 Å². The van der Waals surface area contributed by atoms with E-state index in [-0.39, 0.29) is 5.91 Å². The van der Waals surface area contributed by atoms with E-state index in [1.165, 1.54) is 0 Å². The number of hydrogen-bond donors (Lipinski definition) is 1. The molecule has 0 bridgehead atoms. The number of amides is 1. The first-order valence-corrected chi connectivity index (χ1v) is 8.78. The van der Waals surface area contributed by atoms with Crippen LogP contribution < -0.4 is 10.2 Å². The minimum Gasteiger partial charge on any atom is -0.492 e. The van der Waals surface area contributed by atoms with Crippen molar-refractivity contribution in [1.82, 2.24) is 5.43 Å². The minimum absolute atomic E-state index is 0.229. The van der Waals surface area contributed by atoms with E-state index in [0.717, 1.165) is 18.5 Å². The first-order chi connectivity index (χ1) is 10.6. The van der Waals surface area contributed by atoms with E-state index in [4.69, 9.17) is 4.74 Å². The summed E-state index contributed by atoms with van der Waals surface area (Å²) in [5.74, 6) is 0.654. The second-order valence-electron chi connectivity index (χ2n) is 4.31. The van der Waals surface area contributed by atoms with E-state index < -0.39 is 0 Å². The molecule has 6 heteroatoms. The Balaban J connectivity index is 2.06. The van der Waals surface area contributed by atoms with Gasteiger partial charge in [0.25, 0.3) is 5.91 Å². The van der Waals surface area contributed by atoms with Gasteiger partial charge in [0.1, 0.15) is 5.75 Å². The number of hydrogen-bond acceptors (Lipinski definition) is 3. The molecule has 0 fully saturated rings. The maximum absolute atomic E-state index is 11.9. The summed E-state index contributed by atoms with van der Waals surface area (Å²) >= 11 is 4.46. The van der Waals surface area contributed by atoms with Crippen LogP contribution in [0.3, 0.4) is 0 Å². The van der Waals surface area contributed by atoms with E-state index >= 15 is 0 Å². The van der Waals surface area contributed by atoms with E-state index in [1.807, 2.05) is 37.3 Å². The molecule has 2 aromatic carbocycles. The molecule has 0 unspecified atom stereocenters. The third-order valence-electron chi connectivity index (χ3n) is 2.72. The van der Waals surface area contributed by atoms with Gasteiger partial charge in [-0.2, -0.15) is 5.10 Å². The van der Waals surface area contributed by atoms with Crippen molar-refractivity contribution < 1.29 is 9.53 Å². The summed E-state index contributed by atoms with van der Waals surface area (Å²) in [5.41, 5.74) is 4.01. The number of nitrogens with zero attached hydrogens (tertiary/aromatic N) is 1. The summed E-state index contributed by atoms with van der Waals surface area (Å²) in [7, 11) is 0. The van der Waals surface area contributed by atoms with Gasteiger partial charge in [0, 0.05) is 5.56 Å². The van der Waals surface area contributed by atoms with Gasteiger partial charge in [-0.05, 0) is 81.9 Å². The molecule has 0 atom stereocenters. The van der Waals surface area contributed by atoms with E-state index in [2.05, 4.69) is 55.7 Å². The maximum atomic E-state index is 11.9. The van der Waals surface area contributed by atoms with Gasteiger partial charge in [0.05, 0.1) is 20.0 Å². The van der Waals surface area contributed by atoms with Crippen LogP contribution in [0.1, 0.15) is 22.8 Å². The van der Waals surface area contributed by atoms with E-state index in [9.17, 15) is 4.79 Å². The highest BCUT2D eigenvalue weighted by molar-refractivity contribution is 14.1. The normalized spacial score (nSPS) is 10.7. The SMILES string of the molecule is CCOc1c(I)cc(/C=N\NC(=O)c2ccccc2)cc1I. The van der Waals surface area contributed by atoms with Gasteiger partial charge in [0.2, 0.25) is 0 Å². The molecule has 0 spiro atoms. The lowest BCUT2D eigenvalue weighted by Gasteiger charge is -2.09. The lowest BCUT2D eigenvalue weighted by molar-refractivity contribution is 0.0955. The molecule has 1 amide bonds. The molecule has 0 radical (unpaired) electrons. The fourth-order valence-electron chi connectivity index (χ4n) is 1.76. The number of hydrazone groups is 1. The molecule has 0 aliphatic heterocycles. The fourth-order valence-corrected chi connectivity index (χ4v) is 3.88. The predicted octanol–water partition coefficient (Wildman–Crippen LogP) is 4.06. The Morgan fingerprint density at radius 1 is 1.23 bits per heavy atom. The zero-order chi connectivity index (χ0) is 15.9. The molecule has 2 aromatic rings. The monoisotopic (exact) mass is 520 g/mol. The van der Waals surface area contributed by atoms with Gasteiger partial charge in [-0.25, -0.2) is 5.43 Å². The second kappa shape index (κ2) is 8.47. The Morgan fingerprint density at radius 2 is 1.86 bits per heavy atom. The summed E-state index contributed by atoms with van der Waals surface area (Å²) in [6.07, 6.45) is 1.63. The maximum Gasteiger partial charge on any atom is 0.271 e. The minimum atomic E-state index is -0.229. The molecular weight excluding hydrogens is 506 g/mol. The molecule has 114 valence electrons. The van der Waals surface area contributed by atoms with Gasteiger partial charge in [-0.3, -0.25) is 4.79 Å². The predicted molar refractivity (Wildman–Crippen MR) is 105 cm³/mol. The lowest BCUT2D eigenvalue weighted by atomic mass is 10.2. The summed E-state index contributed by atoms with van der Waals surface area (Å²) in [6.45, 7) is 2.59. The molecule has 4 nitrogen and oxygen atoms in total. The van der Waals surface area contributed by atoms with E-state index in [0.29, 0.717) is 12.2 Å². The quantitative estimate of drug-likeness (QED) is 0.368. The van der Waals surface area contributed by atoms with Crippen molar-refractivity contribution in [3.63, 3.8) is 0 Å². The van der Waals surface area contributed by atoms with Gasteiger partial charge in [-0.15, -0.1) is 0 Å². The van der Waals surface area contributed by atoms with Crippen LogP contribution in [-0.4, -0.2) is 18.7 Å². The number of benzene rings is 2. The summed E-state index contributed by atoms with van der Waals surface area (Å²) in [5, 5.41) is 4.00. The summed E-state index contributed by atoms with van der Waals surface area (Å²) in [4.78, 5) is 11.9. The molecule has 1 N–H and O–H groups in total. The van der Waals surface area contributed by atoms with Crippen LogP contribution in [-0.2, 0) is 0 Å². The Bertz CT molecular complexity index is 665. The molecule has 0 aliphatic carbocycles. The van der Waals surface area contributed by atoms with Crippen molar-refractivity contribution in [3.05, 3.63) is 60.7 Å². The van der Waals surface area contributed by atoms with Crippen molar-refractivity contribution in [3.8, 4) is 5.75 Å². The fraction of sp³-hybridized carbons (Fsp3) is 0.125. The molecule has 22 heavy (non-hydrogen) atoms. The second-order valence-corrected chi connectivity index (χ2v) is 6.64. The highest BCUT2D eigenvalue weighted by Crippen LogP contribution is 2.28. The van der Waals surface area contributed by atoms with Crippen LogP contribution in [0.5, 0.6) is 5.75 Å². The Morgan fingerprint density at radius 3 is 2.45 bits per heavy atom. The molecule has 0 aromatic heterocycles. The van der Waals surface area contributed by atoms with Crippen LogP contribution in [0.15, 0.2) is 47.6 Å². The first kappa shape index (κ1) is 17.2. The van der Waals surface area contributed by atoms with Crippen LogP contribution in [0.2, 0.25) is 0 Å². The zero-order valence-corrected chi connectivity index (χ0v) is 16.2. The van der Waals surface area contributed by atoms with Gasteiger partial charge < -0.3 is 4.74 Å². The number of carbonyl (C=O) groups is 1. The average molecular weight is 520 g/mol. The largest absolute Gasteiger partial charge is 0.492 e. The third kappa shape index (κ3) is 4.67. The molecule has 0 aliphatic rings. The van der Waals surface area contributed by atoms with Crippen molar-refractivity contribution in [2.75, 3.05) is 6.61 Å². The van der Waals surface area contributed by atoms with Crippen molar-refractivity contribution in [1.29, 1.82) is 0 Å². The zero-order valence-electron chi connectivity index (χ0n) is 11.8. The Hall–Kier alpha value is -1.16. The molecule has 0 saturated heterocycles. The smallest absolute Gasteiger partial charge is 0.271 e. The number of halogens is 2. The molecule has 2 rings (SSSR count). The van der Waals surface area contributed by atoms with Crippen LogP contribution in [0, 0.1) is 7.14 Å². The number of ether oxygens (including phenoxy) is 1. The summed E-state index contributed by atoms with van der Waals surface area (Å²) < 4.78 is 7.63. The average Bonchev–Trinajstić information content (AvgIpc) is 2.51. The van der Waals surface area contributed by atoms with Crippen LogP contribution in [0.25, 0.3) is 0 Å². The van der Waals surface area contributed by atoms with Gasteiger partial charge in [0.15, 0.2) is 0 Å². The molecule has 0 heterocycles. The highest BCUT2D eigenvalue weighted by Gasteiger charge is 2.07. The van der Waals surface area contributed by atoms with Crippen molar-refractivity contribution in [2.24, 2.45) is 5.10 Å². The number of rotatable bonds is 5. The third-order valence-corrected chi connectivity index (χ3v) is 4.33. The topological polar surface area (TPSA) is 50.7 Å². The van der Waals surface area contributed by atoms with Crippen LogP contribution >= 0.6 is 45.2 Å². The Labute approximate surface area is 156 Å². The number of nitrogens with one attached hydrogen (secondary N) is 1. The Kier molecular flexibility index (Phi) is 6.62. The lowest BCUT2D eigenvalue weighted by Crippen LogP contribution is -2.17. The first-order valence-electron chi connectivity index (χ1n) is 6.62. The van der Waals surface area contributed by atoms with Gasteiger partial charge in [-0.1, -0.05) is 18.2 Å². The van der Waals surface area contributed by atoms with Crippen LogP contribution in [0.4, 0.5) is 0 Å².